The van der Waals surface area contributed by atoms with Gasteiger partial charge < -0.3 is 14.5 Å². The number of aromatic amines is 1. The zero-order chi connectivity index (χ0) is 12.8. The molecule has 2 atom stereocenters. The Morgan fingerprint density at radius 2 is 1.95 bits per heavy atom. The lowest BCUT2D eigenvalue weighted by Gasteiger charge is -2.17. The Morgan fingerprint density at radius 1 is 1.16 bits per heavy atom. The maximum absolute atomic E-state index is 5.61. The molecule has 0 radical (unpaired) electrons. The summed E-state index contributed by atoms with van der Waals surface area (Å²) in [4.78, 5) is 8.23. The number of rotatable bonds is 1. The molecule has 1 N–H and O–H groups in total. The molecule has 100 valence electrons. The summed E-state index contributed by atoms with van der Waals surface area (Å²) in [5, 5.41) is 0. The largest absolute Gasteiger partial charge is 0.486 e. The van der Waals surface area contributed by atoms with Gasteiger partial charge in [0.15, 0.2) is 11.5 Å². The van der Waals surface area contributed by atoms with Gasteiger partial charge in [-0.3, -0.25) is 0 Å². The van der Waals surface area contributed by atoms with Crippen molar-refractivity contribution in [3.63, 3.8) is 0 Å². The van der Waals surface area contributed by atoms with E-state index >= 15 is 0 Å². The van der Waals surface area contributed by atoms with Crippen molar-refractivity contribution in [2.75, 3.05) is 13.2 Å². The molecule has 0 spiro atoms. The SMILES string of the molecule is CC1CCCC1c1nc2cc3c(cc2[nH]1)OCCO3. The lowest BCUT2D eigenvalue weighted by Crippen LogP contribution is -2.15. The fourth-order valence-corrected chi connectivity index (χ4v) is 3.29. The Balaban J connectivity index is 1.78. The monoisotopic (exact) mass is 258 g/mol. The smallest absolute Gasteiger partial charge is 0.163 e. The standard InChI is InChI=1S/C15H18N2O2/c1-9-3-2-4-10(9)15-16-11-7-13-14(8-12(11)17-15)19-6-5-18-13/h7-10H,2-6H2,1H3,(H,16,17). The average Bonchev–Trinajstić information content (AvgIpc) is 3.01. The minimum atomic E-state index is 0.575. The first-order valence-electron chi connectivity index (χ1n) is 7.10. The summed E-state index contributed by atoms with van der Waals surface area (Å²) in [5.41, 5.74) is 2.04. The van der Waals surface area contributed by atoms with Crippen LogP contribution in [0.15, 0.2) is 12.1 Å². The van der Waals surface area contributed by atoms with Gasteiger partial charge in [0.05, 0.1) is 11.0 Å². The second-order valence-corrected chi connectivity index (χ2v) is 5.65. The third kappa shape index (κ3) is 1.78. The van der Waals surface area contributed by atoms with Crippen molar-refractivity contribution in [2.45, 2.75) is 32.1 Å². The quantitative estimate of drug-likeness (QED) is 0.854. The van der Waals surface area contributed by atoms with Gasteiger partial charge in [-0.2, -0.15) is 0 Å². The van der Waals surface area contributed by atoms with Gasteiger partial charge >= 0.3 is 0 Å². The molecular weight excluding hydrogens is 240 g/mol. The van der Waals surface area contributed by atoms with Crippen molar-refractivity contribution in [2.24, 2.45) is 5.92 Å². The summed E-state index contributed by atoms with van der Waals surface area (Å²) < 4.78 is 11.2. The molecule has 0 amide bonds. The molecule has 2 aliphatic rings. The fourth-order valence-electron chi connectivity index (χ4n) is 3.29. The molecule has 1 aromatic heterocycles. The van der Waals surface area contributed by atoms with Crippen LogP contribution in [-0.2, 0) is 0 Å². The zero-order valence-electron chi connectivity index (χ0n) is 11.1. The van der Waals surface area contributed by atoms with Crippen LogP contribution in [0.3, 0.4) is 0 Å². The normalized spacial score (nSPS) is 25.9. The number of imidazole rings is 1. The molecule has 0 bridgehead atoms. The van der Waals surface area contributed by atoms with Gasteiger partial charge in [-0.15, -0.1) is 0 Å². The van der Waals surface area contributed by atoms with E-state index in [1.165, 1.54) is 19.3 Å². The first-order chi connectivity index (χ1) is 9.31. The van der Waals surface area contributed by atoms with Crippen LogP contribution < -0.4 is 9.47 Å². The van der Waals surface area contributed by atoms with Gasteiger partial charge in [0, 0.05) is 18.1 Å². The molecule has 1 saturated carbocycles. The first-order valence-corrected chi connectivity index (χ1v) is 7.10. The number of benzene rings is 1. The predicted octanol–water partition coefficient (Wildman–Crippen LogP) is 3.24. The van der Waals surface area contributed by atoms with Crippen LogP contribution in [0.1, 0.15) is 37.9 Å². The molecule has 1 aromatic carbocycles. The second kappa shape index (κ2) is 4.15. The molecule has 2 aromatic rings. The number of H-pyrrole nitrogens is 1. The van der Waals surface area contributed by atoms with E-state index in [1.54, 1.807) is 0 Å². The highest BCUT2D eigenvalue weighted by molar-refractivity contribution is 5.80. The number of nitrogens with one attached hydrogen (secondary N) is 1. The number of hydrogen-bond donors (Lipinski definition) is 1. The van der Waals surface area contributed by atoms with Crippen molar-refractivity contribution in [1.82, 2.24) is 9.97 Å². The third-order valence-electron chi connectivity index (χ3n) is 4.38. The van der Waals surface area contributed by atoms with E-state index in [4.69, 9.17) is 14.5 Å². The number of hydrogen-bond acceptors (Lipinski definition) is 3. The van der Waals surface area contributed by atoms with Crippen LogP contribution in [0.25, 0.3) is 11.0 Å². The molecule has 1 fully saturated rings. The average molecular weight is 258 g/mol. The van der Waals surface area contributed by atoms with Crippen molar-refractivity contribution in [1.29, 1.82) is 0 Å². The van der Waals surface area contributed by atoms with Crippen molar-refractivity contribution >= 4 is 11.0 Å². The van der Waals surface area contributed by atoms with Gasteiger partial charge in [-0.25, -0.2) is 4.98 Å². The Bertz CT molecular complexity index is 577. The molecule has 1 aliphatic heterocycles. The van der Waals surface area contributed by atoms with Crippen LogP contribution in [0.2, 0.25) is 0 Å². The van der Waals surface area contributed by atoms with E-state index in [0.29, 0.717) is 19.1 Å². The Morgan fingerprint density at radius 3 is 2.68 bits per heavy atom. The molecule has 4 heteroatoms. The number of ether oxygens (including phenoxy) is 2. The van der Waals surface area contributed by atoms with E-state index in [2.05, 4.69) is 11.9 Å². The van der Waals surface area contributed by atoms with Gasteiger partial charge in [0.1, 0.15) is 19.0 Å². The highest BCUT2D eigenvalue weighted by Crippen LogP contribution is 2.40. The zero-order valence-corrected chi connectivity index (χ0v) is 11.1. The maximum atomic E-state index is 5.61. The lowest BCUT2D eigenvalue weighted by molar-refractivity contribution is 0.172. The van der Waals surface area contributed by atoms with Gasteiger partial charge in [0.2, 0.25) is 0 Å². The van der Waals surface area contributed by atoms with Crippen molar-refractivity contribution < 1.29 is 9.47 Å². The van der Waals surface area contributed by atoms with Crippen LogP contribution in [0.4, 0.5) is 0 Å². The number of fused-ring (bicyclic) bond motifs is 2. The number of aromatic nitrogens is 2. The molecule has 1 aliphatic carbocycles. The summed E-state index contributed by atoms with van der Waals surface area (Å²) >= 11 is 0. The summed E-state index contributed by atoms with van der Waals surface area (Å²) in [6.07, 6.45) is 3.86. The van der Waals surface area contributed by atoms with Crippen LogP contribution in [0.5, 0.6) is 11.5 Å². The summed E-state index contributed by atoms with van der Waals surface area (Å²) in [5.74, 6) is 4.07. The topological polar surface area (TPSA) is 47.1 Å². The van der Waals surface area contributed by atoms with E-state index in [9.17, 15) is 0 Å². The highest BCUT2D eigenvalue weighted by Gasteiger charge is 2.27. The lowest BCUT2D eigenvalue weighted by atomic mass is 9.98. The van der Waals surface area contributed by atoms with E-state index < -0.39 is 0 Å². The minimum Gasteiger partial charge on any atom is -0.486 e. The molecule has 2 unspecified atom stereocenters. The Labute approximate surface area is 112 Å². The van der Waals surface area contributed by atoms with E-state index in [1.807, 2.05) is 12.1 Å². The fraction of sp³-hybridized carbons (Fsp3) is 0.533. The molecule has 4 nitrogen and oxygen atoms in total. The van der Waals surface area contributed by atoms with E-state index in [-0.39, 0.29) is 0 Å². The van der Waals surface area contributed by atoms with E-state index in [0.717, 1.165) is 34.3 Å². The van der Waals surface area contributed by atoms with Gasteiger partial charge in [-0.1, -0.05) is 13.3 Å². The highest BCUT2D eigenvalue weighted by atomic mass is 16.6. The summed E-state index contributed by atoms with van der Waals surface area (Å²) in [7, 11) is 0. The van der Waals surface area contributed by atoms with Crippen LogP contribution in [-0.4, -0.2) is 23.2 Å². The Kier molecular flexibility index (Phi) is 2.43. The molecule has 0 saturated heterocycles. The van der Waals surface area contributed by atoms with Crippen molar-refractivity contribution in [3.8, 4) is 11.5 Å². The third-order valence-corrected chi connectivity index (χ3v) is 4.38. The minimum absolute atomic E-state index is 0.575. The molecule has 19 heavy (non-hydrogen) atoms. The first kappa shape index (κ1) is 11.1. The van der Waals surface area contributed by atoms with Crippen LogP contribution in [0, 0.1) is 5.92 Å². The predicted molar refractivity (Wildman–Crippen MR) is 72.8 cm³/mol. The number of nitrogens with zero attached hydrogens (tertiary/aromatic N) is 1. The molecular formula is C15H18N2O2. The van der Waals surface area contributed by atoms with Crippen LogP contribution >= 0.6 is 0 Å². The van der Waals surface area contributed by atoms with Gasteiger partial charge in [-0.05, 0) is 18.8 Å². The van der Waals surface area contributed by atoms with Crippen molar-refractivity contribution in [3.05, 3.63) is 18.0 Å². The summed E-state index contributed by atoms with van der Waals surface area (Å²) in [6.45, 7) is 3.57. The molecule has 4 rings (SSSR count). The van der Waals surface area contributed by atoms with Gasteiger partial charge in [0.25, 0.3) is 0 Å². The summed E-state index contributed by atoms with van der Waals surface area (Å²) in [6, 6.07) is 4.00. The molecule has 2 heterocycles. The maximum Gasteiger partial charge on any atom is 0.163 e. The second-order valence-electron chi connectivity index (χ2n) is 5.65. The Hall–Kier alpha value is -1.71.